The topological polar surface area (TPSA) is 60.0 Å². The van der Waals surface area contributed by atoms with Crippen LogP contribution in [0.4, 0.5) is 0 Å². The third-order valence-electron chi connectivity index (χ3n) is 3.41. The van der Waals surface area contributed by atoms with Gasteiger partial charge in [-0.05, 0) is 12.8 Å². The average molecular weight is 261 g/mol. The number of methoxy groups -OCH3 is 1. The van der Waals surface area contributed by atoms with Crippen LogP contribution in [-0.4, -0.2) is 63.9 Å². The molecule has 0 aromatic carbocycles. The molecule has 0 aromatic heterocycles. The van der Waals surface area contributed by atoms with Crippen LogP contribution in [0.1, 0.15) is 25.7 Å². The molecule has 5 nitrogen and oxygen atoms in total. The van der Waals surface area contributed by atoms with Crippen LogP contribution < -0.4 is 5.32 Å². The predicted molar refractivity (Wildman–Crippen MR) is 69.8 cm³/mol. The molecule has 0 saturated heterocycles. The van der Waals surface area contributed by atoms with E-state index < -0.39 is 0 Å². The molecule has 1 aliphatic carbocycles. The molecule has 5 heteroatoms. The second-order valence-electron chi connectivity index (χ2n) is 4.79. The largest absolute Gasteiger partial charge is 0.394 e. The van der Waals surface area contributed by atoms with E-state index in [9.17, 15) is 5.11 Å². The smallest absolute Gasteiger partial charge is 0.0701 e. The molecule has 0 bridgehead atoms. The van der Waals surface area contributed by atoms with Crippen molar-refractivity contribution in [2.75, 3.05) is 53.3 Å². The van der Waals surface area contributed by atoms with E-state index in [1.54, 1.807) is 7.11 Å². The molecular weight excluding hydrogens is 234 g/mol. The zero-order valence-electron chi connectivity index (χ0n) is 11.5. The van der Waals surface area contributed by atoms with E-state index in [2.05, 4.69) is 5.32 Å². The Morgan fingerprint density at radius 3 is 2.22 bits per heavy atom. The predicted octanol–water partition coefficient (Wildman–Crippen LogP) is 0.561. The molecule has 0 atom stereocenters. The van der Waals surface area contributed by atoms with Crippen LogP contribution in [0.3, 0.4) is 0 Å². The van der Waals surface area contributed by atoms with Gasteiger partial charge in [0, 0.05) is 19.2 Å². The fraction of sp³-hybridized carbons (Fsp3) is 1.00. The molecule has 18 heavy (non-hydrogen) atoms. The van der Waals surface area contributed by atoms with Crippen molar-refractivity contribution < 1.29 is 19.3 Å². The highest BCUT2D eigenvalue weighted by atomic mass is 16.5. The molecule has 0 unspecified atom stereocenters. The maximum Gasteiger partial charge on any atom is 0.0701 e. The number of ether oxygens (including phenoxy) is 3. The standard InChI is InChI=1S/C13H27NO4/c1-16-8-9-18-11-10-17-7-6-14-13(12-15)4-2-3-5-13/h14-15H,2-12H2,1H3. The van der Waals surface area contributed by atoms with Gasteiger partial charge in [-0.15, -0.1) is 0 Å². The number of nitrogens with one attached hydrogen (secondary N) is 1. The van der Waals surface area contributed by atoms with E-state index in [0.29, 0.717) is 33.0 Å². The minimum atomic E-state index is -0.0433. The summed E-state index contributed by atoms with van der Waals surface area (Å²) in [5.74, 6) is 0. The van der Waals surface area contributed by atoms with Crippen LogP contribution in [0, 0.1) is 0 Å². The first-order chi connectivity index (χ1) is 8.83. The highest BCUT2D eigenvalue weighted by Crippen LogP contribution is 2.28. The Labute approximate surface area is 110 Å². The van der Waals surface area contributed by atoms with Crippen molar-refractivity contribution in [3.8, 4) is 0 Å². The minimum absolute atomic E-state index is 0.0433. The van der Waals surface area contributed by atoms with Crippen molar-refractivity contribution >= 4 is 0 Å². The van der Waals surface area contributed by atoms with Crippen LogP contribution in [0.25, 0.3) is 0 Å². The van der Waals surface area contributed by atoms with E-state index in [-0.39, 0.29) is 12.1 Å². The third-order valence-corrected chi connectivity index (χ3v) is 3.41. The molecule has 0 radical (unpaired) electrons. The fourth-order valence-electron chi connectivity index (χ4n) is 2.30. The number of aliphatic hydroxyl groups is 1. The summed E-state index contributed by atoms with van der Waals surface area (Å²) in [5.41, 5.74) is -0.0433. The first-order valence-electron chi connectivity index (χ1n) is 6.83. The Balaban J connectivity index is 1.89. The summed E-state index contributed by atoms with van der Waals surface area (Å²) in [4.78, 5) is 0. The van der Waals surface area contributed by atoms with Gasteiger partial charge >= 0.3 is 0 Å². The first kappa shape index (κ1) is 15.9. The highest BCUT2D eigenvalue weighted by molar-refractivity contribution is 4.91. The molecule has 1 saturated carbocycles. The van der Waals surface area contributed by atoms with Gasteiger partial charge in [-0.2, -0.15) is 0 Å². The number of hydrogen-bond donors (Lipinski definition) is 2. The normalized spacial score (nSPS) is 18.3. The summed E-state index contributed by atoms with van der Waals surface area (Å²) in [5, 5.41) is 12.8. The highest BCUT2D eigenvalue weighted by Gasteiger charge is 2.31. The molecule has 0 spiro atoms. The first-order valence-corrected chi connectivity index (χ1v) is 6.83. The molecule has 0 heterocycles. The molecular formula is C13H27NO4. The quantitative estimate of drug-likeness (QED) is 0.532. The maximum atomic E-state index is 9.40. The lowest BCUT2D eigenvalue weighted by atomic mass is 9.99. The van der Waals surface area contributed by atoms with Gasteiger partial charge in [0.1, 0.15) is 0 Å². The van der Waals surface area contributed by atoms with Crippen LogP contribution >= 0.6 is 0 Å². The lowest BCUT2D eigenvalue weighted by Gasteiger charge is -2.28. The van der Waals surface area contributed by atoms with E-state index in [1.807, 2.05) is 0 Å². The van der Waals surface area contributed by atoms with Crippen molar-refractivity contribution in [1.29, 1.82) is 0 Å². The van der Waals surface area contributed by atoms with Gasteiger partial charge in [-0.25, -0.2) is 0 Å². The number of hydrogen-bond acceptors (Lipinski definition) is 5. The number of aliphatic hydroxyl groups excluding tert-OH is 1. The van der Waals surface area contributed by atoms with E-state index >= 15 is 0 Å². The third kappa shape index (κ3) is 6.11. The van der Waals surface area contributed by atoms with E-state index in [1.165, 1.54) is 12.8 Å². The molecule has 1 aliphatic rings. The van der Waals surface area contributed by atoms with Gasteiger partial charge in [-0.3, -0.25) is 0 Å². The second-order valence-corrected chi connectivity index (χ2v) is 4.79. The fourth-order valence-corrected chi connectivity index (χ4v) is 2.30. The average Bonchev–Trinajstić information content (AvgIpc) is 2.86. The van der Waals surface area contributed by atoms with E-state index in [0.717, 1.165) is 19.4 Å². The monoisotopic (exact) mass is 261 g/mol. The SMILES string of the molecule is COCCOCCOCCNC1(CO)CCCC1. The van der Waals surface area contributed by atoms with Crippen molar-refractivity contribution in [3.05, 3.63) is 0 Å². The molecule has 0 aromatic rings. The second kappa shape index (κ2) is 9.69. The zero-order chi connectivity index (χ0) is 13.1. The Morgan fingerprint density at radius 2 is 1.61 bits per heavy atom. The lowest BCUT2D eigenvalue weighted by molar-refractivity contribution is 0.0235. The Hall–Kier alpha value is -0.200. The van der Waals surface area contributed by atoms with Crippen LogP contribution in [0.15, 0.2) is 0 Å². The zero-order valence-corrected chi connectivity index (χ0v) is 11.5. The molecule has 108 valence electrons. The van der Waals surface area contributed by atoms with Gasteiger partial charge in [0.05, 0.1) is 39.6 Å². The van der Waals surface area contributed by atoms with Gasteiger partial charge in [0.15, 0.2) is 0 Å². The molecule has 2 N–H and O–H groups in total. The van der Waals surface area contributed by atoms with Crippen LogP contribution in [-0.2, 0) is 14.2 Å². The lowest BCUT2D eigenvalue weighted by Crippen LogP contribution is -2.47. The van der Waals surface area contributed by atoms with Crippen LogP contribution in [0.5, 0.6) is 0 Å². The van der Waals surface area contributed by atoms with Crippen LogP contribution in [0.2, 0.25) is 0 Å². The summed E-state index contributed by atoms with van der Waals surface area (Å²) in [7, 11) is 1.66. The Kier molecular flexibility index (Phi) is 8.54. The minimum Gasteiger partial charge on any atom is -0.394 e. The summed E-state index contributed by atoms with van der Waals surface area (Å²) in [6.45, 7) is 4.14. The maximum absolute atomic E-state index is 9.40. The van der Waals surface area contributed by atoms with Crippen molar-refractivity contribution in [2.24, 2.45) is 0 Å². The van der Waals surface area contributed by atoms with Crippen molar-refractivity contribution in [3.63, 3.8) is 0 Å². The summed E-state index contributed by atoms with van der Waals surface area (Å²) >= 11 is 0. The summed E-state index contributed by atoms with van der Waals surface area (Å²) in [6, 6.07) is 0. The molecule has 1 rings (SSSR count). The summed E-state index contributed by atoms with van der Waals surface area (Å²) < 4.78 is 15.6. The Bertz CT molecular complexity index is 195. The van der Waals surface area contributed by atoms with Crippen molar-refractivity contribution in [1.82, 2.24) is 5.32 Å². The van der Waals surface area contributed by atoms with Gasteiger partial charge < -0.3 is 24.6 Å². The van der Waals surface area contributed by atoms with Gasteiger partial charge in [0.25, 0.3) is 0 Å². The van der Waals surface area contributed by atoms with E-state index in [4.69, 9.17) is 14.2 Å². The van der Waals surface area contributed by atoms with Crippen molar-refractivity contribution in [2.45, 2.75) is 31.2 Å². The Morgan fingerprint density at radius 1 is 1.00 bits per heavy atom. The molecule has 1 fully saturated rings. The summed E-state index contributed by atoms with van der Waals surface area (Å²) in [6.07, 6.45) is 4.57. The van der Waals surface area contributed by atoms with Gasteiger partial charge in [-0.1, -0.05) is 12.8 Å². The number of rotatable bonds is 11. The molecule has 0 amide bonds. The molecule has 0 aliphatic heterocycles. The van der Waals surface area contributed by atoms with Gasteiger partial charge in [0.2, 0.25) is 0 Å².